The third kappa shape index (κ3) is 3.20. The highest BCUT2D eigenvalue weighted by Gasteiger charge is 2.39. The Morgan fingerprint density at radius 3 is 2.47 bits per heavy atom. The summed E-state index contributed by atoms with van der Waals surface area (Å²) in [5, 5.41) is 10.7. The number of nitrogens with one attached hydrogen (secondary N) is 2. The number of hydrogen-bond acceptors (Lipinski definition) is 5. The van der Waals surface area contributed by atoms with Crippen LogP contribution < -0.4 is 5.32 Å². The third-order valence-corrected chi connectivity index (χ3v) is 8.31. The quantitative estimate of drug-likeness (QED) is 0.672. The van der Waals surface area contributed by atoms with Crippen molar-refractivity contribution < 1.29 is 13.2 Å². The summed E-state index contributed by atoms with van der Waals surface area (Å²) in [5.74, 6) is -0.260. The molecule has 30 heavy (non-hydrogen) atoms. The summed E-state index contributed by atoms with van der Waals surface area (Å²) in [4.78, 5) is 15.8. The molecule has 3 aromatic rings. The molecular weight excluding hydrogens is 400 g/mol. The van der Waals surface area contributed by atoms with Gasteiger partial charge in [-0.15, -0.1) is 0 Å². The number of benzene rings is 2. The zero-order valence-electron chi connectivity index (χ0n) is 16.7. The first-order valence-corrected chi connectivity index (χ1v) is 11.7. The van der Waals surface area contributed by atoms with Crippen molar-refractivity contribution in [2.24, 2.45) is 0 Å². The first-order valence-electron chi connectivity index (χ1n) is 10.2. The van der Waals surface area contributed by atoms with E-state index in [4.69, 9.17) is 0 Å². The predicted octanol–water partition coefficient (Wildman–Crippen LogP) is 2.75. The normalized spacial score (nSPS) is 24.2. The van der Waals surface area contributed by atoms with Gasteiger partial charge in [0.15, 0.2) is 5.69 Å². The van der Waals surface area contributed by atoms with Crippen molar-refractivity contribution >= 4 is 26.6 Å². The Hall–Kier alpha value is -2.71. The molecule has 7 nitrogen and oxygen atoms in total. The Labute approximate surface area is 175 Å². The van der Waals surface area contributed by atoms with Crippen LogP contribution >= 0.6 is 0 Å². The average Bonchev–Trinajstić information content (AvgIpc) is 3.25. The molecular formula is C22H24N4O3S. The number of amides is 1. The number of fused-ring (bicyclic) bond motifs is 3. The summed E-state index contributed by atoms with van der Waals surface area (Å²) in [5.41, 5.74) is 0.872. The smallest absolute Gasteiger partial charge is 0.272 e. The highest BCUT2D eigenvalue weighted by Crippen LogP contribution is 2.34. The van der Waals surface area contributed by atoms with Crippen LogP contribution in [0.1, 0.15) is 36.2 Å². The lowest BCUT2D eigenvalue weighted by atomic mass is 9.98. The Balaban J connectivity index is 1.43. The number of aromatic nitrogens is 2. The second kappa shape index (κ2) is 7.21. The molecule has 8 heteroatoms. The monoisotopic (exact) mass is 424 g/mol. The van der Waals surface area contributed by atoms with Crippen molar-refractivity contribution in [3.8, 4) is 0 Å². The summed E-state index contributed by atoms with van der Waals surface area (Å²) in [6.45, 7) is 0. The number of nitrogens with zero attached hydrogens (tertiary/aromatic N) is 2. The number of H-pyrrole nitrogens is 1. The van der Waals surface area contributed by atoms with Crippen molar-refractivity contribution in [2.45, 2.75) is 53.6 Å². The molecule has 2 saturated heterocycles. The van der Waals surface area contributed by atoms with Gasteiger partial charge in [-0.05, 0) is 63.1 Å². The van der Waals surface area contributed by atoms with Gasteiger partial charge in [-0.2, -0.15) is 5.10 Å². The third-order valence-electron chi connectivity index (χ3n) is 6.55. The van der Waals surface area contributed by atoms with Crippen LogP contribution in [0.2, 0.25) is 0 Å². The summed E-state index contributed by atoms with van der Waals surface area (Å²) in [6, 6.07) is 14.2. The first-order chi connectivity index (χ1) is 14.4. The highest BCUT2D eigenvalue weighted by molar-refractivity contribution is 7.91. The van der Waals surface area contributed by atoms with Gasteiger partial charge in [-0.1, -0.05) is 18.2 Å². The van der Waals surface area contributed by atoms with E-state index in [2.05, 4.69) is 27.5 Å². The molecule has 2 aliphatic heterocycles. The molecule has 2 bridgehead atoms. The summed E-state index contributed by atoms with van der Waals surface area (Å²) >= 11 is 0. The first kappa shape index (κ1) is 19.3. The molecule has 0 radical (unpaired) electrons. The highest BCUT2D eigenvalue weighted by atomic mass is 32.2. The largest absolute Gasteiger partial charge is 0.348 e. The Bertz CT molecular complexity index is 1190. The lowest BCUT2D eigenvalue weighted by molar-refractivity contribution is 0.0879. The fourth-order valence-electron chi connectivity index (χ4n) is 4.85. The maximum absolute atomic E-state index is 13.0. The van der Waals surface area contributed by atoms with E-state index >= 15 is 0 Å². The van der Waals surface area contributed by atoms with E-state index in [0.29, 0.717) is 23.0 Å². The average molecular weight is 425 g/mol. The number of carbonyl (C=O) groups is 1. The van der Waals surface area contributed by atoms with Crippen molar-refractivity contribution in [1.29, 1.82) is 0 Å². The number of aromatic amines is 1. The van der Waals surface area contributed by atoms with Crippen LogP contribution in [-0.4, -0.2) is 54.6 Å². The molecule has 2 aliphatic rings. The van der Waals surface area contributed by atoms with Crippen LogP contribution in [0.15, 0.2) is 58.3 Å². The number of piperidine rings is 1. The molecule has 2 aromatic carbocycles. The van der Waals surface area contributed by atoms with E-state index in [0.717, 1.165) is 12.8 Å². The van der Waals surface area contributed by atoms with E-state index in [1.165, 1.54) is 18.9 Å². The Morgan fingerprint density at radius 1 is 1.07 bits per heavy atom. The minimum Gasteiger partial charge on any atom is -0.348 e. The lowest BCUT2D eigenvalue weighted by Gasteiger charge is -2.36. The van der Waals surface area contributed by atoms with Gasteiger partial charge >= 0.3 is 0 Å². The van der Waals surface area contributed by atoms with E-state index in [1.807, 2.05) is 0 Å². The zero-order chi connectivity index (χ0) is 20.9. The van der Waals surface area contributed by atoms with E-state index in [1.54, 1.807) is 42.5 Å². The van der Waals surface area contributed by atoms with E-state index in [-0.39, 0.29) is 27.4 Å². The van der Waals surface area contributed by atoms with Crippen LogP contribution in [-0.2, 0) is 9.84 Å². The molecule has 0 spiro atoms. The molecule has 3 heterocycles. The van der Waals surface area contributed by atoms with Crippen LogP contribution in [0.3, 0.4) is 0 Å². The van der Waals surface area contributed by atoms with Gasteiger partial charge in [0.25, 0.3) is 5.91 Å². The second-order valence-electron chi connectivity index (χ2n) is 8.29. The predicted molar refractivity (Wildman–Crippen MR) is 113 cm³/mol. The lowest BCUT2D eigenvalue weighted by Crippen LogP contribution is -2.48. The number of rotatable bonds is 4. The summed E-state index contributed by atoms with van der Waals surface area (Å²) in [6.07, 6.45) is 4.24. The fourth-order valence-corrected chi connectivity index (χ4v) is 6.16. The second-order valence-corrected chi connectivity index (χ2v) is 10.2. The van der Waals surface area contributed by atoms with Crippen molar-refractivity contribution in [2.75, 3.05) is 7.05 Å². The van der Waals surface area contributed by atoms with Crippen LogP contribution in [0.5, 0.6) is 0 Å². The van der Waals surface area contributed by atoms with Gasteiger partial charge in [0, 0.05) is 23.5 Å². The molecule has 2 fully saturated rings. The summed E-state index contributed by atoms with van der Waals surface area (Å²) < 4.78 is 25.9. The van der Waals surface area contributed by atoms with Gasteiger partial charge in [0.2, 0.25) is 9.84 Å². The van der Waals surface area contributed by atoms with Crippen LogP contribution in [0.25, 0.3) is 10.9 Å². The molecule has 0 aliphatic carbocycles. The van der Waals surface area contributed by atoms with Gasteiger partial charge in [0.05, 0.1) is 15.3 Å². The van der Waals surface area contributed by atoms with Crippen molar-refractivity contribution in [3.05, 3.63) is 54.2 Å². The topological polar surface area (TPSA) is 95.2 Å². The maximum Gasteiger partial charge on any atom is 0.272 e. The standard InChI is InChI=1S/C22H24N4O3S/c1-26-15-7-8-16(26)12-14(11-15)23-22(27)21-19-13-18(9-10-20(19)24-25-21)30(28,29)17-5-3-2-4-6-17/h2-6,9-10,13-16H,7-8,11-12H2,1H3,(H,23,27)(H,24,25). The van der Waals surface area contributed by atoms with Gasteiger partial charge in [0.1, 0.15) is 0 Å². The van der Waals surface area contributed by atoms with Crippen LogP contribution in [0.4, 0.5) is 0 Å². The molecule has 1 aromatic heterocycles. The summed E-state index contributed by atoms with van der Waals surface area (Å²) in [7, 11) is -1.51. The molecule has 2 atom stereocenters. The zero-order valence-corrected chi connectivity index (χ0v) is 17.5. The Morgan fingerprint density at radius 2 is 1.77 bits per heavy atom. The molecule has 2 unspecified atom stereocenters. The number of hydrogen-bond donors (Lipinski definition) is 2. The van der Waals surface area contributed by atoms with E-state index in [9.17, 15) is 13.2 Å². The Kier molecular flexibility index (Phi) is 4.63. The fraction of sp³-hybridized carbons (Fsp3) is 0.364. The molecule has 0 saturated carbocycles. The molecule has 5 rings (SSSR count). The van der Waals surface area contributed by atoms with Crippen molar-refractivity contribution in [3.63, 3.8) is 0 Å². The van der Waals surface area contributed by atoms with E-state index < -0.39 is 9.84 Å². The molecule has 156 valence electrons. The minimum absolute atomic E-state index is 0.120. The maximum atomic E-state index is 13.0. The number of carbonyl (C=O) groups excluding carboxylic acids is 1. The van der Waals surface area contributed by atoms with Gasteiger partial charge < -0.3 is 10.2 Å². The number of sulfone groups is 1. The molecule has 1 amide bonds. The van der Waals surface area contributed by atoms with Crippen LogP contribution in [0, 0.1) is 0 Å². The minimum atomic E-state index is -3.67. The molecule has 2 N–H and O–H groups in total. The van der Waals surface area contributed by atoms with Gasteiger partial charge in [-0.3, -0.25) is 9.89 Å². The van der Waals surface area contributed by atoms with Crippen molar-refractivity contribution in [1.82, 2.24) is 20.4 Å². The SMILES string of the molecule is CN1C2CCC1CC(NC(=O)c1n[nH]c3ccc(S(=O)(=O)c4ccccc4)cc13)C2. The van der Waals surface area contributed by atoms with Gasteiger partial charge in [-0.25, -0.2) is 8.42 Å².